The molecule has 3 fully saturated rings. The number of hydrogen-bond donors (Lipinski definition) is 1. The fourth-order valence-corrected chi connectivity index (χ4v) is 6.74. The van der Waals surface area contributed by atoms with E-state index in [4.69, 9.17) is 15.0 Å². The standard InChI is InChI=1S/C31H47N9/c1-36(2)23-26-12-10-25(11-13-26)22-32-31-34-29(39-20-18-38(19-21-39)27-8-3-4-9-27)28-30(35-31)40(24-33-28)17-7-16-37-14-5-6-15-37/h10-13,24,27H,3-9,14-23H2,1-2H3,(H,32,34,35). The first-order chi connectivity index (χ1) is 19.6. The number of nitrogens with one attached hydrogen (secondary N) is 1. The second-order valence-electron chi connectivity index (χ2n) is 12.3. The number of hydrogen-bond acceptors (Lipinski definition) is 8. The first-order valence-corrected chi connectivity index (χ1v) is 15.5. The van der Waals surface area contributed by atoms with Gasteiger partial charge in [-0.05, 0) is 77.0 Å². The van der Waals surface area contributed by atoms with Gasteiger partial charge in [0.2, 0.25) is 5.95 Å². The maximum atomic E-state index is 5.07. The van der Waals surface area contributed by atoms with E-state index >= 15 is 0 Å². The molecule has 9 nitrogen and oxygen atoms in total. The molecule has 1 saturated carbocycles. The first kappa shape index (κ1) is 27.4. The summed E-state index contributed by atoms with van der Waals surface area (Å²) < 4.78 is 2.24. The molecule has 0 atom stereocenters. The van der Waals surface area contributed by atoms with Crippen LogP contribution in [0.2, 0.25) is 0 Å². The molecule has 3 aromatic rings. The SMILES string of the molecule is CN(C)Cc1ccc(CNc2nc(N3CCN(C4CCCC4)CC3)c3ncn(CCCN4CCCC4)c3n2)cc1. The van der Waals surface area contributed by atoms with Crippen LogP contribution < -0.4 is 10.2 Å². The summed E-state index contributed by atoms with van der Waals surface area (Å²) in [6, 6.07) is 9.62. The largest absolute Gasteiger partial charge is 0.352 e. The molecule has 0 amide bonds. The molecule has 40 heavy (non-hydrogen) atoms. The highest BCUT2D eigenvalue weighted by molar-refractivity contribution is 5.85. The molecule has 9 heteroatoms. The van der Waals surface area contributed by atoms with E-state index in [1.165, 1.54) is 62.7 Å². The minimum absolute atomic E-state index is 0.694. The number of rotatable bonds is 11. The Morgan fingerprint density at radius 3 is 2.30 bits per heavy atom. The van der Waals surface area contributed by atoms with Gasteiger partial charge < -0.3 is 24.6 Å². The van der Waals surface area contributed by atoms with Crippen molar-refractivity contribution in [2.45, 2.75) is 70.6 Å². The molecule has 0 radical (unpaired) electrons. The number of aryl methyl sites for hydroxylation is 1. The third-order valence-corrected chi connectivity index (χ3v) is 8.94. The minimum Gasteiger partial charge on any atom is -0.352 e. The molecule has 1 N–H and O–H groups in total. The van der Waals surface area contributed by atoms with Gasteiger partial charge in [0.15, 0.2) is 17.0 Å². The third-order valence-electron chi connectivity index (χ3n) is 8.94. The Labute approximate surface area is 239 Å². The highest BCUT2D eigenvalue weighted by atomic mass is 15.3. The van der Waals surface area contributed by atoms with Crippen LogP contribution in [0.25, 0.3) is 11.2 Å². The van der Waals surface area contributed by atoms with Gasteiger partial charge in [-0.15, -0.1) is 0 Å². The average molecular weight is 546 g/mol. The summed E-state index contributed by atoms with van der Waals surface area (Å²) in [5.74, 6) is 1.68. The molecule has 6 rings (SSSR count). The summed E-state index contributed by atoms with van der Waals surface area (Å²) in [4.78, 5) is 24.9. The molecule has 0 spiro atoms. The van der Waals surface area contributed by atoms with Crippen LogP contribution in [0.5, 0.6) is 0 Å². The first-order valence-electron chi connectivity index (χ1n) is 15.5. The summed E-state index contributed by atoms with van der Waals surface area (Å²) in [7, 11) is 4.21. The summed E-state index contributed by atoms with van der Waals surface area (Å²) in [6.07, 6.45) is 11.3. The van der Waals surface area contributed by atoms with E-state index in [0.717, 1.165) is 75.3 Å². The zero-order valence-corrected chi connectivity index (χ0v) is 24.6. The lowest BCUT2D eigenvalue weighted by atomic mass is 10.1. The van der Waals surface area contributed by atoms with Crippen molar-refractivity contribution in [2.24, 2.45) is 0 Å². The number of anilines is 2. The van der Waals surface area contributed by atoms with Gasteiger partial charge >= 0.3 is 0 Å². The van der Waals surface area contributed by atoms with Gasteiger partial charge in [-0.3, -0.25) is 4.90 Å². The van der Waals surface area contributed by atoms with Crippen molar-refractivity contribution in [1.29, 1.82) is 0 Å². The molecule has 4 heterocycles. The van der Waals surface area contributed by atoms with Gasteiger partial charge in [0.05, 0.1) is 6.33 Å². The average Bonchev–Trinajstić information content (AvgIpc) is 3.75. The van der Waals surface area contributed by atoms with Crippen molar-refractivity contribution in [3.05, 3.63) is 41.7 Å². The van der Waals surface area contributed by atoms with Crippen LogP contribution in [0.15, 0.2) is 30.6 Å². The Morgan fingerprint density at radius 2 is 1.57 bits per heavy atom. The van der Waals surface area contributed by atoms with Crippen molar-refractivity contribution in [2.75, 3.05) is 70.1 Å². The predicted octanol–water partition coefficient (Wildman–Crippen LogP) is 4.05. The van der Waals surface area contributed by atoms with Crippen molar-refractivity contribution in [3.8, 4) is 0 Å². The fourth-order valence-electron chi connectivity index (χ4n) is 6.74. The molecule has 0 bridgehead atoms. The molecule has 2 aromatic heterocycles. The van der Waals surface area contributed by atoms with Gasteiger partial charge in [-0.2, -0.15) is 9.97 Å². The van der Waals surface area contributed by atoms with Gasteiger partial charge in [0, 0.05) is 51.9 Å². The molecule has 3 aliphatic rings. The van der Waals surface area contributed by atoms with Gasteiger partial charge in [-0.1, -0.05) is 37.1 Å². The molecular weight excluding hydrogens is 498 g/mol. The Bertz CT molecular complexity index is 1220. The summed E-state index contributed by atoms with van der Waals surface area (Å²) in [5, 5.41) is 3.55. The van der Waals surface area contributed by atoms with Crippen LogP contribution in [0.3, 0.4) is 0 Å². The lowest BCUT2D eigenvalue weighted by Gasteiger charge is -2.38. The number of imidazole rings is 1. The van der Waals surface area contributed by atoms with Gasteiger partial charge in [0.1, 0.15) is 0 Å². The van der Waals surface area contributed by atoms with Crippen molar-refractivity contribution in [1.82, 2.24) is 34.2 Å². The highest BCUT2D eigenvalue weighted by Gasteiger charge is 2.28. The van der Waals surface area contributed by atoms with Crippen LogP contribution in [-0.2, 0) is 19.6 Å². The molecule has 2 saturated heterocycles. The lowest BCUT2D eigenvalue weighted by molar-refractivity contribution is 0.187. The molecular formula is C31H47N9. The van der Waals surface area contributed by atoms with Crippen LogP contribution in [-0.4, -0.2) is 100 Å². The van der Waals surface area contributed by atoms with Crippen molar-refractivity contribution < 1.29 is 0 Å². The van der Waals surface area contributed by atoms with Gasteiger partial charge in [-0.25, -0.2) is 4.98 Å². The monoisotopic (exact) mass is 545 g/mol. The number of piperazine rings is 1. The van der Waals surface area contributed by atoms with Crippen LogP contribution in [0.1, 0.15) is 56.1 Å². The Morgan fingerprint density at radius 1 is 0.850 bits per heavy atom. The summed E-state index contributed by atoms with van der Waals surface area (Å²) >= 11 is 0. The zero-order valence-electron chi connectivity index (χ0n) is 24.6. The van der Waals surface area contributed by atoms with Crippen molar-refractivity contribution in [3.63, 3.8) is 0 Å². The van der Waals surface area contributed by atoms with E-state index < -0.39 is 0 Å². The molecule has 1 aromatic carbocycles. The lowest BCUT2D eigenvalue weighted by Crippen LogP contribution is -2.50. The van der Waals surface area contributed by atoms with Crippen LogP contribution >= 0.6 is 0 Å². The number of fused-ring (bicyclic) bond motifs is 1. The zero-order chi connectivity index (χ0) is 27.3. The Kier molecular flexibility index (Phi) is 8.80. The third kappa shape index (κ3) is 6.58. The van der Waals surface area contributed by atoms with E-state index in [0.29, 0.717) is 12.5 Å². The van der Waals surface area contributed by atoms with E-state index in [2.05, 4.69) is 67.8 Å². The second-order valence-corrected chi connectivity index (χ2v) is 12.3. The smallest absolute Gasteiger partial charge is 0.227 e. The number of likely N-dealkylation sites (tertiary alicyclic amines) is 1. The van der Waals surface area contributed by atoms with E-state index in [9.17, 15) is 0 Å². The molecule has 2 aliphatic heterocycles. The van der Waals surface area contributed by atoms with E-state index in [1.807, 2.05) is 6.33 Å². The maximum Gasteiger partial charge on any atom is 0.227 e. The fraction of sp³-hybridized carbons (Fsp3) is 0.645. The van der Waals surface area contributed by atoms with E-state index in [1.54, 1.807) is 0 Å². The molecule has 0 unspecified atom stereocenters. The topological polar surface area (TPSA) is 68.6 Å². The maximum absolute atomic E-state index is 5.07. The molecule has 1 aliphatic carbocycles. The summed E-state index contributed by atoms with van der Waals surface area (Å²) in [6.45, 7) is 10.4. The predicted molar refractivity (Wildman–Crippen MR) is 163 cm³/mol. The quantitative estimate of drug-likeness (QED) is 0.387. The van der Waals surface area contributed by atoms with Crippen LogP contribution in [0.4, 0.5) is 11.8 Å². The minimum atomic E-state index is 0.694. The van der Waals surface area contributed by atoms with Crippen LogP contribution in [0, 0.1) is 0 Å². The number of aromatic nitrogens is 4. The second kappa shape index (κ2) is 12.8. The van der Waals surface area contributed by atoms with Gasteiger partial charge in [0.25, 0.3) is 0 Å². The summed E-state index contributed by atoms with van der Waals surface area (Å²) in [5.41, 5.74) is 4.45. The molecule has 216 valence electrons. The highest BCUT2D eigenvalue weighted by Crippen LogP contribution is 2.29. The Balaban J connectivity index is 1.19. The van der Waals surface area contributed by atoms with Crippen molar-refractivity contribution >= 4 is 22.9 Å². The Hall–Kier alpha value is -2.75. The number of nitrogens with zero attached hydrogens (tertiary/aromatic N) is 8. The normalized spacial score (nSPS) is 19.4. The van der Waals surface area contributed by atoms with E-state index in [-0.39, 0.29) is 0 Å². The number of benzene rings is 1.